The lowest BCUT2D eigenvalue weighted by Crippen LogP contribution is -2.75. The molecule has 5 rings (SSSR count). The number of amides is 3. The normalized spacial score (nSPS) is 20.9. The first-order valence-corrected chi connectivity index (χ1v) is 17.7. The Labute approximate surface area is 292 Å². The smallest absolute Gasteiger partial charge is 0.251 e. The number of aliphatic hydroxyl groups excluding tert-OH is 1. The SMILES string of the molecule is CCCCN1C(=O)[C@@H]([C@H](O)C2CCCCC2)NC(=O)C12CCN(Cc1c(C)nn(-c3ccc(C(=O)NCCN(C)C)cc3)c1C)CC2.Cl. The van der Waals surface area contributed by atoms with Gasteiger partial charge in [0.05, 0.1) is 17.5 Å². The van der Waals surface area contributed by atoms with E-state index in [1.54, 1.807) is 0 Å². The van der Waals surface area contributed by atoms with Crippen molar-refractivity contribution in [1.82, 2.24) is 35.1 Å². The van der Waals surface area contributed by atoms with Gasteiger partial charge in [-0.3, -0.25) is 19.3 Å². The molecule has 266 valence electrons. The van der Waals surface area contributed by atoms with Crippen LogP contribution >= 0.6 is 12.4 Å². The number of unbranched alkanes of at least 4 members (excludes halogenated alkanes) is 1. The molecule has 2 aliphatic heterocycles. The van der Waals surface area contributed by atoms with Crippen LogP contribution in [0.4, 0.5) is 0 Å². The second-order valence-corrected chi connectivity index (χ2v) is 14.2. The van der Waals surface area contributed by atoms with Gasteiger partial charge in [0.2, 0.25) is 11.8 Å². The second-order valence-electron chi connectivity index (χ2n) is 14.2. The molecule has 3 aliphatic rings. The highest BCUT2D eigenvalue weighted by Gasteiger charge is 2.55. The molecule has 2 aromatic rings. The van der Waals surface area contributed by atoms with E-state index in [0.29, 0.717) is 51.1 Å². The zero-order valence-corrected chi connectivity index (χ0v) is 30.3. The Morgan fingerprint density at radius 1 is 1.10 bits per heavy atom. The van der Waals surface area contributed by atoms with Crippen molar-refractivity contribution in [3.8, 4) is 5.69 Å². The molecule has 1 saturated carbocycles. The molecule has 3 amide bonds. The van der Waals surface area contributed by atoms with E-state index in [4.69, 9.17) is 5.10 Å². The first-order chi connectivity index (χ1) is 22.6. The number of piperazine rings is 1. The minimum atomic E-state index is -0.875. The van der Waals surface area contributed by atoms with Gasteiger partial charge in [0.25, 0.3) is 5.91 Å². The highest BCUT2D eigenvalue weighted by molar-refractivity contribution is 6.00. The summed E-state index contributed by atoms with van der Waals surface area (Å²) in [5.74, 6) is -0.255. The van der Waals surface area contributed by atoms with Gasteiger partial charge >= 0.3 is 0 Å². The number of benzene rings is 1. The van der Waals surface area contributed by atoms with E-state index in [1.807, 2.05) is 59.8 Å². The number of nitrogens with one attached hydrogen (secondary N) is 2. The Morgan fingerprint density at radius 2 is 1.77 bits per heavy atom. The third-order valence-electron chi connectivity index (χ3n) is 10.7. The number of hydrogen-bond acceptors (Lipinski definition) is 7. The molecule has 2 atom stereocenters. The molecule has 1 aromatic carbocycles. The number of aromatic nitrogens is 2. The molecule has 1 spiro atoms. The maximum Gasteiger partial charge on any atom is 0.251 e. The van der Waals surface area contributed by atoms with Gasteiger partial charge in [0, 0.05) is 56.1 Å². The fraction of sp³-hybridized carbons (Fsp3) is 0.667. The quantitative estimate of drug-likeness (QED) is 0.312. The molecule has 11 nitrogen and oxygen atoms in total. The first-order valence-electron chi connectivity index (χ1n) is 17.7. The minimum absolute atomic E-state index is 0. The number of aryl methyl sites for hydroxylation is 1. The van der Waals surface area contributed by atoms with Gasteiger partial charge in [-0.2, -0.15) is 5.10 Å². The van der Waals surface area contributed by atoms with E-state index in [9.17, 15) is 19.5 Å². The van der Waals surface area contributed by atoms with E-state index in [1.165, 1.54) is 6.42 Å². The summed E-state index contributed by atoms with van der Waals surface area (Å²) < 4.78 is 1.93. The number of piperidine rings is 1. The van der Waals surface area contributed by atoms with Crippen molar-refractivity contribution in [1.29, 1.82) is 0 Å². The third-order valence-corrected chi connectivity index (χ3v) is 10.7. The maximum absolute atomic E-state index is 14.0. The van der Waals surface area contributed by atoms with Crippen LogP contribution in [-0.4, -0.2) is 112 Å². The summed E-state index contributed by atoms with van der Waals surface area (Å²) in [6.45, 7) is 10.2. The first kappa shape index (κ1) is 37.8. The summed E-state index contributed by atoms with van der Waals surface area (Å²) in [5, 5.41) is 22.1. The molecule has 0 unspecified atom stereocenters. The highest BCUT2D eigenvalue weighted by atomic mass is 35.5. The fourth-order valence-corrected chi connectivity index (χ4v) is 7.66. The lowest BCUT2D eigenvalue weighted by atomic mass is 9.78. The Balaban J connectivity index is 0.00000520. The number of likely N-dealkylation sites (N-methyl/N-ethyl adjacent to an activating group) is 1. The van der Waals surface area contributed by atoms with E-state index in [-0.39, 0.29) is 36.0 Å². The second kappa shape index (κ2) is 16.6. The van der Waals surface area contributed by atoms with Crippen LogP contribution in [0.1, 0.15) is 92.0 Å². The zero-order chi connectivity index (χ0) is 33.7. The fourth-order valence-electron chi connectivity index (χ4n) is 7.66. The van der Waals surface area contributed by atoms with E-state index in [2.05, 4.69) is 29.4 Å². The Bertz CT molecular complexity index is 1400. The molecule has 2 saturated heterocycles. The molecular weight excluding hydrogens is 630 g/mol. The Hall–Kier alpha value is -2.99. The number of hydrogen-bond donors (Lipinski definition) is 3. The minimum Gasteiger partial charge on any atom is -0.390 e. The predicted octanol–water partition coefficient (Wildman–Crippen LogP) is 3.61. The summed E-state index contributed by atoms with van der Waals surface area (Å²) in [4.78, 5) is 46.6. The van der Waals surface area contributed by atoms with Gasteiger partial charge in [-0.25, -0.2) is 4.68 Å². The average molecular weight is 686 g/mol. The van der Waals surface area contributed by atoms with Crippen molar-refractivity contribution < 1.29 is 19.5 Å². The molecule has 0 bridgehead atoms. The van der Waals surface area contributed by atoms with Gasteiger partial charge in [-0.05, 0) is 90.2 Å². The van der Waals surface area contributed by atoms with Gasteiger partial charge in [-0.15, -0.1) is 12.4 Å². The number of aliphatic hydroxyl groups is 1. The van der Waals surface area contributed by atoms with Crippen LogP contribution in [0.3, 0.4) is 0 Å². The van der Waals surface area contributed by atoms with Crippen LogP contribution in [0.25, 0.3) is 5.69 Å². The molecule has 3 N–H and O–H groups in total. The summed E-state index contributed by atoms with van der Waals surface area (Å²) in [7, 11) is 3.95. The summed E-state index contributed by atoms with van der Waals surface area (Å²) >= 11 is 0. The summed E-state index contributed by atoms with van der Waals surface area (Å²) in [6.07, 6.45) is 7.16. The summed E-state index contributed by atoms with van der Waals surface area (Å²) in [6, 6.07) is 6.67. The number of rotatable bonds is 12. The molecule has 3 fully saturated rings. The van der Waals surface area contributed by atoms with Gasteiger partial charge in [0.1, 0.15) is 11.6 Å². The number of nitrogens with zero attached hydrogens (tertiary/aromatic N) is 5. The van der Waals surface area contributed by atoms with Crippen molar-refractivity contribution in [2.75, 3.05) is 46.8 Å². The maximum atomic E-state index is 14.0. The van der Waals surface area contributed by atoms with Crippen molar-refractivity contribution >= 4 is 30.1 Å². The standard InChI is InChI=1S/C36H55N7O4.ClH/c1-6-7-20-42-34(46)31(32(44)27-11-9-8-10-12-27)38-35(47)36(42)17-21-41(22-18-36)24-30-25(2)39-43(26(30)3)29-15-13-28(14-16-29)33(45)37-19-23-40(4)5;/h13-16,27,31-32,44H,6-12,17-24H2,1-5H3,(H,37,45)(H,38,47);1H/t31-,32-;/m1./s1. The van der Waals surface area contributed by atoms with E-state index >= 15 is 0 Å². The van der Waals surface area contributed by atoms with E-state index in [0.717, 1.165) is 67.7 Å². The highest BCUT2D eigenvalue weighted by Crippen LogP contribution is 2.37. The molecule has 1 aromatic heterocycles. The lowest BCUT2D eigenvalue weighted by Gasteiger charge is -2.52. The van der Waals surface area contributed by atoms with Crippen molar-refractivity contribution in [2.45, 2.75) is 103 Å². The van der Waals surface area contributed by atoms with Gasteiger partial charge < -0.3 is 25.5 Å². The monoisotopic (exact) mass is 685 g/mol. The van der Waals surface area contributed by atoms with Crippen molar-refractivity contribution in [2.24, 2.45) is 5.92 Å². The third kappa shape index (κ3) is 8.07. The van der Waals surface area contributed by atoms with Crippen LogP contribution in [-0.2, 0) is 16.1 Å². The van der Waals surface area contributed by atoms with Crippen LogP contribution < -0.4 is 10.6 Å². The number of carbonyl (C=O) groups is 3. The van der Waals surface area contributed by atoms with Crippen molar-refractivity contribution in [3.05, 3.63) is 46.8 Å². The number of likely N-dealkylation sites (tertiary alicyclic amines) is 1. The van der Waals surface area contributed by atoms with E-state index < -0.39 is 17.7 Å². The molecule has 1 aliphatic carbocycles. The summed E-state index contributed by atoms with van der Waals surface area (Å²) in [5.41, 5.74) is 3.77. The lowest BCUT2D eigenvalue weighted by molar-refractivity contribution is -0.166. The number of halogens is 1. The molecule has 48 heavy (non-hydrogen) atoms. The van der Waals surface area contributed by atoms with Crippen molar-refractivity contribution in [3.63, 3.8) is 0 Å². The predicted molar refractivity (Wildman–Crippen MR) is 190 cm³/mol. The number of carbonyl (C=O) groups excluding carboxylic acids is 3. The average Bonchev–Trinajstić information content (AvgIpc) is 3.35. The van der Waals surface area contributed by atoms with Gasteiger partial charge in [-0.1, -0.05) is 32.6 Å². The Kier molecular flexibility index (Phi) is 13.1. The molecular formula is C36H56ClN7O4. The molecule has 12 heteroatoms. The molecule has 0 radical (unpaired) electrons. The Morgan fingerprint density at radius 3 is 2.40 bits per heavy atom. The van der Waals surface area contributed by atoms with Crippen LogP contribution in [0.15, 0.2) is 24.3 Å². The molecule has 3 heterocycles. The van der Waals surface area contributed by atoms with Crippen LogP contribution in [0.2, 0.25) is 0 Å². The van der Waals surface area contributed by atoms with Crippen LogP contribution in [0.5, 0.6) is 0 Å². The topological polar surface area (TPSA) is 123 Å². The largest absolute Gasteiger partial charge is 0.390 e. The van der Waals surface area contributed by atoms with Crippen LogP contribution in [0, 0.1) is 19.8 Å². The zero-order valence-electron chi connectivity index (χ0n) is 29.5. The van der Waals surface area contributed by atoms with Gasteiger partial charge in [0.15, 0.2) is 0 Å².